The fourth-order valence-corrected chi connectivity index (χ4v) is 1.36. The minimum Gasteiger partial charge on any atom is -0.366 e. The molecule has 1 aromatic rings. The second-order valence-corrected chi connectivity index (χ2v) is 3.45. The fourth-order valence-electron chi connectivity index (χ4n) is 1.36. The van der Waals surface area contributed by atoms with E-state index in [0.29, 0.717) is 18.5 Å². The molecule has 0 aromatic heterocycles. The van der Waals surface area contributed by atoms with Gasteiger partial charge in [0.15, 0.2) is 0 Å². The maximum Gasteiger partial charge on any atom is 0.416 e. The molecule has 0 saturated heterocycles. The molecule has 1 radical (unpaired) electrons. The van der Waals surface area contributed by atoms with Crippen LogP contribution in [0.25, 0.3) is 0 Å². The first-order valence-electron chi connectivity index (χ1n) is 4.90. The molecule has 4 N–H and O–H groups in total. The third-order valence-corrected chi connectivity index (χ3v) is 2.18. The number of benzene rings is 1. The molecule has 6 heteroatoms. The van der Waals surface area contributed by atoms with E-state index < -0.39 is 17.6 Å². The van der Waals surface area contributed by atoms with Crippen LogP contribution in [0.5, 0.6) is 0 Å². The lowest BCUT2D eigenvalue weighted by Gasteiger charge is -2.11. The van der Waals surface area contributed by atoms with Crippen LogP contribution in [0.15, 0.2) is 18.2 Å². The normalized spacial score (nSPS) is 11.5. The molecule has 0 fully saturated rings. The highest BCUT2D eigenvalue weighted by Gasteiger charge is 2.31. The van der Waals surface area contributed by atoms with Gasteiger partial charge in [-0.2, -0.15) is 13.2 Å². The predicted octanol–water partition coefficient (Wildman–Crippen LogP) is 1.71. The van der Waals surface area contributed by atoms with E-state index in [9.17, 15) is 18.0 Å². The monoisotopic (exact) mass is 245 g/mol. The number of primary amides is 1. The molecule has 0 aliphatic carbocycles. The molecular weight excluding hydrogens is 233 g/mol. The lowest BCUT2D eigenvalue weighted by atomic mass is 9.99. The number of halogens is 3. The van der Waals surface area contributed by atoms with Gasteiger partial charge in [0.1, 0.15) is 0 Å². The summed E-state index contributed by atoms with van der Waals surface area (Å²) in [6, 6.07) is 2.89. The summed E-state index contributed by atoms with van der Waals surface area (Å²) in [6.07, 6.45) is -2.44. The third kappa shape index (κ3) is 3.45. The van der Waals surface area contributed by atoms with Crippen LogP contribution in [0.4, 0.5) is 13.2 Å². The summed E-state index contributed by atoms with van der Waals surface area (Å²) in [5.41, 5.74) is 9.65. The van der Waals surface area contributed by atoms with E-state index in [2.05, 4.69) is 0 Å². The van der Waals surface area contributed by atoms with Crippen molar-refractivity contribution < 1.29 is 18.0 Å². The highest BCUT2D eigenvalue weighted by atomic mass is 19.4. The van der Waals surface area contributed by atoms with Gasteiger partial charge >= 0.3 is 6.18 Å². The quantitative estimate of drug-likeness (QED) is 0.847. The zero-order chi connectivity index (χ0) is 13.1. The average molecular weight is 245 g/mol. The fraction of sp³-hybridized carbons (Fsp3) is 0.273. The molecule has 0 aliphatic heterocycles. The van der Waals surface area contributed by atoms with E-state index in [0.717, 1.165) is 12.1 Å². The van der Waals surface area contributed by atoms with Crippen LogP contribution in [0, 0.1) is 6.42 Å². The maximum absolute atomic E-state index is 12.4. The number of amides is 1. The number of hydrogen-bond acceptors (Lipinski definition) is 2. The highest BCUT2D eigenvalue weighted by molar-refractivity contribution is 5.95. The van der Waals surface area contributed by atoms with E-state index in [1.165, 1.54) is 6.07 Å². The van der Waals surface area contributed by atoms with Crippen molar-refractivity contribution in [3.8, 4) is 0 Å². The Morgan fingerprint density at radius 1 is 1.35 bits per heavy atom. The molecule has 1 rings (SSSR count). The van der Waals surface area contributed by atoms with Gasteiger partial charge in [-0.05, 0) is 37.1 Å². The van der Waals surface area contributed by atoms with Gasteiger partial charge in [0.05, 0.1) is 5.56 Å². The zero-order valence-corrected chi connectivity index (χ0v) is 8.92. The lowest BCUT2D eigenvalue weighted by molar-refractivity contribution is -0.137. The molecule has 0 unspecified atom stereocenters. The molecule has 0 bridgehead atoms. The average Bonchev–Trinajstić information content (AvgIpc) is 2.24. The number of hydrogen-bond donors (Lipinski definition) is 2. The Morgan fingerprint density at radius 2 is 2.00 bits per heavy atom. The van der Waals surface area contributed by atoms with Crippen LogP contribution in [-0.4, -0.2) is 12.5 Å². The van der Waals surface area contributed by atoms with Gasteiger partial charge in [0.2, 0.25) is 5.91 Å². The van der Waals surface area contributed by atoms with Gasteiger partial charge in [-0.3, -0.25) is 4.79 Å². The van der Waals surface area contributed by atoms with Crippen molar-refractivity contribution in [1.29, 1.82) is 0 Å². The Kier molecular flexibility index (Phi) is 4.11. The van der Waals surface area contributed by atoms with Crippen LogP contribution in [0.3, 0.4) is 0 Å². The van der Waals surface area contributed by atoms with Crippen molar-refractivity contribution in [1.82, 2.24) is 0 Å². The predicted molar refractivity (Wildman–Crippen MR) is 57.0 cm³/mol. The molecule has 17 heavy (non-hydrogen) atoms. The molecular formula is C11H12F3N2O. The second-order valence-electron chi connectivity index (χ2n) is 3.45. The second kappa shape index (κ2) is 5.18. The van der Waals surface area contributed by atoms with Gasteiger partial charge in [-0.1, -0.05) is 6.07 Å². The Bertz CT molecular complexity index is 416. The summed E-state index contributed by atoms with van der Waals surface area (Å²) >= 11 is 0. The molecule has 0 saturated carbocycles. The van der Waals surface area contributed by atoms with Gasteiger partial charge in [0, 0.05) is 5.56 Å². The minimum absolute atomic E-state index is 0.145. The van der Waals surface area contributed by atoms with Crippen molar-refractivity contribution in [2.75, 3.05) is 6.54 Å². The molecule has 3 nitrogen and oxygen atoms in total. The first-order valence-corrected chi connectivity index (χ1v) is 4.90. The standard InChI is InChI=1S/C11H12F3N2O/c12-11(13,14)8-4-3-7(2-1-5-15)9(6-8)10(16)17/h2-4,6H,1,5,15H2,(H2,16,17). The van der Waals surface area contributed by atoms with Gasteiger partial charge < -0.3 is 11.5 Å². The van der Waals surface area contributed by atoms with Crippen LogP contribution in [-0.2, 0) is 6.18 Å². The van der Waals surface area contributed by atoms with E-state index in [1.807, 2.05) is 0 Å². The Morgan fingerprint density at radius 3 is 2.47 bits per heavy atom. The summed E-state index contributed by atoms with van der Waals surface area (Å²) in [4.78, 5) is 11.1. The smallest absolute Gasteiger partial charge is 0.366 e. The molecule has 0 heterocycles. The molecule has 0 atom stereocenters. The SMILES string of the molecule is NCC[CH]c1ccc(C(F)(F)F)cc1C(N)=O. The summed E-state index contributed by atoms with van der Waals surface area (Å²) in [6.45, 7) is 0.346. The first-order chi connectivity index (χ1) is 7.86. The first kappa shape index (κ1) is 13.5. The number of rotatable bonds is 4. The maximum atomic E-state index is 12.4. The Hall–Kier alpha value is -1.56. The van der Waals surface area contributed by atoms with Crippen molar-refractivity contribution in [2.45, 2.75) is 12.6 Å². The number of carbonyl (C=O) groups excluding carboxylic acids is 1. The minimum atomic E-state index is -4.49. The third-order valence-electron chi connectivity index (χ3n) is 2.18. The van der Waals surface area contributed by atoms with Crippen LogP contribution in [0.1, 0.15) is 27.9 Å². The van der Waals surface area contributed by atoms with Gasteiger partial charge in [-0.25, -0.2) is 0 Å². The zero-order valence-electron chi connectivity index (χ0n) is 8.92. The largest absolute Gasteiger partial charge is 0.416 e. The van der Waals surface area contributed by atoms with Crippen LogP contribution < -0.4 is 11.5 Å². The van der Waals surface area contributed by atoms with Crippen LogP contribution in [0.2, 0.25) is 0 Å². The number of alkyl halides is 3. The molecule has 0 spiro atoms. The Labute approximate surface area is 96.6 Å². The lowest BCUT2D eigenvalue weighted by Crippen LogP contribution is -2.16. The number of nitrogens with two attached hydrogens (primary N) is 2. The van der Waals surface area contributed by atoms with Crippen LogP contribution >= 0.6 is 0 Å². The van der Waals surface area contributed by atoms with Gasteiger partial charge in [0.25, 0.3) is 0 Å². The number of carbonyl (C=O) groups is 1. The van der Waals surface area contributed by atoms with Crippen molar-refractivity contribution >= 4 is 5.91 Å². The van der Waals surface area contributed by atoms with Crippen molar-refractivity contribution in [3.05, 3.63) is 41.3 Å². The van der Waals surface area contributed by atoms with Gasteiger partial charge in [-0.15, -0.1) is 0 Å². The molecule has 93 valence electrons. The molecule has 1 amide bonds. The van der Waals surface area contributed by atoms with E-state index in [4.69, 9.17) is 11.5 Å². The molecule has 0 aliphatic rings. The summed E-state index contributed by atoms with van der Waals surface area (Å²) in [7, 11) is 0. The topological polar surface area (TPSA) is 69.1 Å². The highest BCUT2D eigenvalue weighted by Crippen LogP contribution is 2.30. The van der Waals surface area contributed by atoms with E-state index in [1.54, 1.807) is 6.42 Å². The molecule has 1 aromatic carbocycles. The van der Waals surface area contributed by atoms with E-state index >= 15 is 0 Å². The Balaban J connectivity index is 3.13. The van der Waals surface area contributed by atoms with Crippen molar-refractivity contribution in [3.63, 3.8) is 0 Å². The summed E-state index contributed by atoms with van der Waals surface area (Å²) in [5.74, 6) is -0.889. The summed E-state index contributed by atoms with van der Waals surface area (Å²) in [5, 5.41) is 0. The van der Waals surface area contributed by atoms with Crippen molar-refractivity contribution in [2.24, 2.45) is 11.5 Å². The summed E-state index contributed by atoms with van der Waals surface area (Å²) < 4.78 is 37.3. The van der Waals surface area contributed by atoms with E-state index in [-0.39, 0.29) is 5.56 Å².